The van der Waals surface area contributed by atoms with E-state index in [0.717, 1.165) is 42.8 Å². The Balaban J connectivity index is 0.000000374. The van der Waals surface area contributed by atoms with Gasteiger partial charge in [0.2, 0.25) is 0 Å². The van der Waals surface area contributed by atoms with Crippen LogP contribution >= 0.6 is 0 Å². The number of carbonyl (C=O) groups is 1. The summed E-state index contributed by atoms with van der Waals surface area (Å²) in [5.74, 6) is 1.78. The van der Waals surface area contributed by atoms with E-state index in [1.165, 1.54) is 17.4 Å². The third-order valence-electron chi connectivity index (χ3n) is 5.47. The molecule has 1 aliphatic rings. The number of methoxy groups -OCH3 is 2. The molecule has 1 atom stereocenters. The van der Waals surface area contributed by atoms with Crippen LogP contribution in [0.1, 0.15) is 45.3 Å². The Morgan fingerprint density at radius 3 is 2.33 bits per heavy atom. The Morgan fingerprint density at radius 2 is 1.79 bits per heavy atom. The fraction of sp³-hybridized carbons (Fsp3) is 0.320. The van der Waals surface area contributed by atoms with E-state index in [4.69, 9.17) is 9.47 Å². The number of aldehydes is 1. The molecular formula is C25H26F3NO4. The van der Waals surface area contributed by atoms with Gasteiger partial charge in [-0.3, -0.25) is 4.79 Å². The number of hydrogen-bond acceptors (Lipinski definition) is 5. The first kappa shape index (κ1) is 24.4. The van der Waals surface area contributed by atoms with Crippen molar-refractivity contribution in [2.24, 2.45) is 0 Å². The third kappa shape index (κ3) is 6.38. The van der Waals surface area contributed by atoms with Gasteiger partial charge in [-0.2, -0.15) is 13.2 Å². The molecule has 1 aromatic heterocycles. The maximum absolute atomic E-state index is 12.7. The second-order valence-electron chi connectivity index (χ2n) is 7.53. The summed E-state index contributed by atoms with van der Waals surface area (Å²) in [6, 6.07) is 12.8. The highest BCUT2D eigenvalue weighted by Crippen LogP contribution is 2.36. The van der Waals surface area contributed by atoms with Gasteiger partial charge in [0.15, 0.2) is 23.5 Å². The minimum atomic E-state index is -4.29. The number of halogens is 3. The Morgan fingerprint density at radius 1 is 1.09 bits per heavy atom. The van der Waals surface area contributed by atoms with Gasteiger partial charge in [-0.15, -0.1) is 0 Å². The van der Waals surface area contributed by atoms with Crippen LogP contribution in [0, 0.1) is 0 Å². The fourth-order valence-electron chi connectivity index (χ4n) is 3.76. The summed E-state index contributed by atoms with van der Waals surface area (Å²) in [6.07, 6.45) is 0.242. The van der Waals surface area contributed by atoms with Crippen molar-refractivity contribution in [3.8, 4) is 11.5 Å². The van der Waals surface area contributed by atoms with Crippen molar-refractivity contribution in [3.63, 3.8) is 0 Å². The zero-order valence-electron chi connectivity index (χ0n) is 18.4. The fourth-order valence-corrected chi connectivity index (χ4v) is 3.76. The van der Waals surface area contributed by atoms with Crippen LogP contribution in [0.4, 0.5) is 13.2 Å². The number of benzene rings is 2. The lowest BCUT2D eigenvalue weighted by Crippen LogP contribution is -2.30. The summed E-state index contributed by atoms with van der Waals surface area (Å²) in [4.78, 5) is 9.77. The summed E-state index contributed by atoms with van der Waals surface area (Å²) in [6.45, 7) is 0.861. The number of furan rings is 1. The van der Waals surface area contributed by atoms with E-state index in [1.807, 2.05) is 12.1 Å². The average molecular weight is 461 g/mol. The van der Waals surface area contributed by atoms with Crippen molar-refractivity contribution >= 4 is 6.29 Å². The highest BCUT2D eigenvalue weighted by molar-refractivity contribution is 5.69. The smallest absolute Gasteiger partial charge is 0.416 e. The van der Waals surface area contributed by atoms with Crippen LogP contribution in [0.25, 0.3) is 0 Å². The molecule has 33 heavy (non-hydrogen) atoms. The molecule has 176 valence electrons. The van der Waals surface area contributed by atoms with Gasteiger partial charge in [-0.1, -0.05) is 12.1 Å². The van der Waals surface area contributed by atoms with Crippen LogP contribution in [0.5, 0.6) is 11.5 Å². The van der Waals surface area contributed by atoms with E-state index in [1.54, 1.807) is 38.5 Å². The van der Waals surface area contributed by atoms with Gasteiger partial charge in [-0.25, -0.2) is 0 Å². The average Bonchev–Trinajstić information content (AvgIpc) is 3.36. The molecule has 0 bridgehead atoms. The van der Waals surface area contributed by atoms with Gasteiger partial charge in [0.1, 0.15) is 0 Å². The van der Waals surface area contributed by atoms with Crippen LogP contribution in [-0.2, 0) is 19.0 Å². The lowest BCUT2D eigenvalue weighted by molar-refractivity contribution is -0.137. The zero-order valence-corrected chi connectivity index (χ0v) is 18.4. The molecule has 5 nitrogen and oxygen atoms in total. The van der Waals surface area contributed by atoms with E-state index in [-0.39, 0.29) is 6.04 Å². The molecule has 2 heterocycles. The van der Waals surface area contributed by atoms with Gasteiger partial charge in [0.05, 0.1) is 26.0 Å². The van der Waals surface area contributed by atoms with E-state index < -0.39 is 11.7 Å². The molecule has 1 N–H and O–H groups in total. The minimum absolute atomic E-state index is 0.140. The number of ether oxygens (including phenoxy) is 2. The highest BCUT2D eigenvalue weighted by atomic mass is 19.4. The predicted molar refractivity (Wildman–Crippen MR) is 118 cm³/mol. The standard InChI is InChI=1S/C20H22F3NO2.C5H4O2/c1-25-18-11-14-9-10-24-17(16(14)12-19(18)26-2)8-5-13-3-6-15(7-4-13)20(21,22)23;6-4-5-2-1-3-7-5/h3-4,6-7,11-12,17,24H,5,8-10H2,1-2H3;1-4H. The van der Waals surface area contributed by atoms with Crippen LogP contribution < -0.4 is 14.8 Å². The number of carbonyl (C=O) groups excluding carboxylic acids is 1. The monoisotopic (exact) mass is 461 g/mol. The predicted octanol–water partition coefficient (Wildman–Crippen LogP) is 5.63. The van der Waals surface area contributed by atoms with Crippen molar-refractivity contribution in [1.82, 2.24) is 5.32 Å². The van der Waals surface area contributed by atoms with E-state index in [0.29, 0.717) is 24.2 Å². The minimum Gasteiger partial charge on any atom is -0.493 e. The third-order valence-corrected chi connectivity index (χ3v) is 5.47. The first-order valence-electron chi connectivity index (χ1n) is 10.5. The molecule has 0 fully saturated rings. The molecule has 0 saturated carbocycles. The molecule has 4 rings (SSSR count). The number of fused-ring (bicyclic) bond motifs is 1. The molecule has 3 aromatic rings. The Labute approximate surface area is 190 Å². The van der Waals surface area contributed by atoms with Crippen molar-refractivity contribution in [1.29, 1.82) is 0 Å². The molecule has 0 radical (unpaired) electrons. The topological polar surface area (TPSA) is 60.7 Å². The van der Waals surface area contributed by atoms with Crippen LogP contribution in [0.3, 0.4) is 0 Å². The Hall–Kier alpha value is -3.26. The Bertz CT molecular complexity index is 1030. The first-order chi connectivity index (χ1) is 15.9. The van der Waals surface area contributed by atoms with Crippen molar-refractivity contribution < 1.29 is 31.9 Å². The summed E-state index contributed by atoms with van der Waals surface area (Å²) in [5, 5.41) is 3.49. The van der Waals surface area contributed by atoms with E-state index >= 15 is 0 Å². The maximum Gasteiger partial charge on any atom is 0.416 e. The van der Waals surface area contributed by atoms with E-state index in [9.17, 15) is 18.0 Å². The maximum atomic E-state index is 12.7. The quantitative estimate of drug-likeness (QED) is 0.482. The molecule has 0 saturated heterocycles. The normalized spacial score (nSPS) is 15.1. The molecule has 2 aromatic carbocycles. The van der Waals surface area contributed by atoms with Crippen LogP contribution in [0.2, 0.25) is 0 Å². The highest BCUT2D eigenvalue weighted by Gasteiger charge is 2.30. The van der Waals surface area contributed by atoms with E-state index in [2.05, 4.69) is 9.73 Å². The number of nitrogens with one attached hydrogen (secondary N) is 1. The van der Waals surface area contributed by atoms with Gasteiger partial charge < -0.3 is 19.2 Å². The van der Waals surface area contributed by atoms with Crippen molar-refractivity contribution in [2.45, 2.75) is 31.5 Å². The lowest BCUT2D eigenvalue weighted by Gasteiger charge is -2.28. The second-order valence-corrected chi connectivity index (χ2v) is 7.53. The molecule has 0 aliphatic carbocycles. The molecule has 1 unspecified atom stereocenters. The molecule has 8 heteroatoms. The number of alkyl halides is 3. The summed E-state index contributed by atoms with van der Waals surface area (Å²) >= 11 is 0. The van der Waals surface area contributed by atoms with Gasteiger partial charge in [0.25, 0.3) is 0 Å². The SMILES string of the molecule is COc1cc2c(cc1OC)C(CCc1ccc(C(F)(F)F)cc1)NCC2.O=Cc1ccco1. The van der Waals surface area contributed by atoms with Gasteiger partial charge >= 0.3 is 6.18 Å². The number of rotatable bonds is 6. The number of aryl methyl sites for hydroxylation is 1. The van der Waals surface area contributed by atoms with Crippen molar-refractivity contribution in [3.05, 3.63) is 82.8 Å². The Kier molecular flexibility index (Phi) is 8.16. The molecule has 1 aliphatic heterocycles. The van der Waals surface area contributed by atoms with Crippen LogP contribution in [0.15, 0.2) is 59.2 Å². The first-order valence-corrected chi connectivity index (χ1v) is 10.5. The second kappa shape index (κ2) is 11.0. The van der Waals surface area contributed by atoms with Gasteiger partial charge in [-0.05, 0) is 78.9 Å². The molecule has 0 amide bonds. The molecular weight excluding hydrogens is 435 g/mol. The largest absolute Gasteiger partial charge is 0.493 e. The number of hydrogen-bond donors (Lipinski definition) is 1. The summed E-state index contributed by atoms with van der Waals surface area (Å²) < 4.78 is 53.4. The van der Waals surface area contributed by atoms with Crippen LogP contribution in [-0.4, -0.2) is 27.1 Å². The lowest BCUT2D eigenvalue weighted by atomic mass is 9.90. The van der Waals surface area contributed by atoms with Gasteiger partial charge in [0, 0.05) is 6.04 Å². The summed E-state index contributed by atoms with van der Waals surface area (Å²) in [5.41, 5.74) is 2.67. The zero-order chi connectivity index (χ0) is 23.8. The van der Waals surface area contributed by atoms with Crippen molar-refractivity contribution in [2.75, 3.05) is 20.8 Å². The summed E-state index contributed by atoms with van der Waals surface area (Å²) in [7, 11) is 3.23. The molecule has 0 spiro atoms.